The third-order valence-corrected chi connectivity index (χ3v) is 2.15. The van der Waals surface area contributed by atoms with E-state index in [1.807, 2.05) is 19.2 Å². The first-order chi connectivity index (χ1) is 6.84. The van der Waals surface area contributed by atoms with Crippen molar-refractivity contribution >= 4 is 0 Å². The summed E-state index contributed by atoms with van der Waals surface area (Å²) in [6, 6.07) is 2.33. The lowest BCUT2D eigenvalue weighted by atomic mass is 10.3. The van der Waals surface area contributed by atoms with E-state index in [4.69, 9.17) is 4.74 Å². The highest BCUT2D eigenvalue weighted by Gasteiger charge is 2.08. The molecule has 2 rings (SSSR count). The predicted molar refractivity (Wildman–Crippen MR) is 55.4 cm³/mol. The predicted octanol–water partition coefficient (Wildman–Crippen LogP) is 1.30. The Bertz CT molecular complexity index is 336. The van der Waals surface area contributed by atoms with Crippen LogP contribution in [0.25, 0.3) is 0 Å². The number of rotatable bonds is 3. The molecule has 0 fully saturated rings. The Morgan fingerprint density at radius 1 is 1.57 bits per heavy atom. The maximum absolute atomic E-state index is 5.59. The van der Waals surface area contributed by atoms with Crippen LogP contribution in [0.2, 0.25) is 0 Å². The Hall–Kier alpha value is -1.35. The molecule has 0 bridgehead atoms. The molecule has 0 aromatic carbocycles. The molecule has 74 valence electrons. The summed E-state index contributed by atoms with van der Waals surface area (Å²) in [5, 5.41) is 3.28. The van der Waals surface area contributed by atoms with Gasteiger partial charge in [-0.05, 0) is 18.6 Å². The fraction of sp³-hybridized carbons (Fsp3) is 0.364. The number of nitrogens with one attached hydrogen (secondary N) is 1. The first kappa shape index (κ1) is 9.21. The van der Waals surface area contributed by atoms with Gasteiger partial charge in [-0.25, -0.2) is 0 Å². The molecule has 1 aromatic heterocycles. The molecule has 3 nitrogen and oxygen atoms in total. The molecule has 1 atom stereocenters. The van der Waals surface area contributed by atoms with Crippen molar-refractivity contribution in [3.05, 3.63) is 36.2 Å². The summed E-state index contributed by atoms with van der Waals surface area (Å²) in [6.45, 7) is 3.62. The zero-order valence-electron chi connectivity index (χ0n) is 8.23. The van der Waals surface area contributed by atoms with Crippen LogP contribution in [0.3, 0.4) is 0 Å². The molecular weight excluding hydrogens is 176 g/mol. The normalized spacial score (nSPS) is 19.9. The molecule has 0 radical (unpaired) electrons. The molecule has 0 amide bonds. The number of aromatic nitrogens is 1. The van der Waals surface area contributed by atoms with Crippen LogP contribution in [0.4, 0.5) is 0 Å². The maximum Gasteiger partial charge on any atom is 0.137 e. The van der Waals surface area contributed by atoms with E-state index < -0.39 is 0 Å². The topological polar surface area (TPSA) is 34.1 Å². The zero-order chi connectivity index (χ0) is 9.80. The van der Waals surface area contributed by atoms with Gasteiger partial charge in [0.15, 0.2) is 0 Å². The van der Waals surface area contributed by atoms with Gasteiger partial charge in [-0.2, -0.15) is 0 Å². The fourth-order valence-electron chi connectivity index (χ4n) is 1.43. The Morgan fingerprint density at radius 3 is 3.21 bits per heavy atom. The van der Waals surface area contributed by atoms with Crippen LogP contribution in [0.15, 0.2) is 30.6 Å². The summed E-state index contributed by atoms with van der Waals surface area (Å²) in [7, 11) is 0. The van der Waals surface area contributed by atoms with Gasteiger partial charge in [-0.1, -0.05) is 12.2 Å². The van der Waals surface area contributed by atoms with Crippen LogP contribution in [0.1, 0.15) is 5.56 Å². The van der Waals surface area contributed by atoms with Gasteiger partial charge >= 0.3 is 0 Å². The van der Waals surface area contributed by atoms with Gasteiger partial charge in [0.2, 0.25) is 0 Å². The average molecular weight is 190 g/mol. The van der Waals surface area contributed by atoms with Crippen LogP contribution in [0, 0.1) is 6.92 Å². The smallest absolute Gasteiger partial charge is 0.137 e. The van der Waals surface area contributed by atoms with Crippen molar-refractivity contribution in [2.45, 2.75) is 13.0 Å². The van der Waals surface area contributed by atoms with Crippen LogP contribution in [0.5, 0.6) is 5.75 Å². The molecule has 1 unspecified atom stereocenters. The van der Waals surface area contributed by atoms with E-state index in [2.05, 4.69) is 22.5 Å². The highest BCUT2D eigenvalue weighted by Crippen LogP contribution is 2.10. The first-order valence-electron chi connectivity index (χ1n) is 4.79. The quantitative estimate of drug-likeness (QED) is 0.729. The SMILES string of the molecule is Cc1cncc(OCC2C=CCN2)c1. The highest BCUT2D eigenvalue weighted by atomic mass is 16.5. The Labute approximate surface area is 83.8 Å². The van der Waals surface area contributed by atoms with Gasteiger partial charge in [0.05, 0.1) is 12.2 Å². The van der Waals surface area contributed by atoms with E-state index in [0.717, 1.165) is 17.9 Å². The molecule has 14 heavy (non-hydrogen) atoms. The van der Waals surface area contributed by atoms with Gasteiger partial charge in [-0.15, -0.1) is 0 Å². The maximum atomic E-state index is 5.59. The second-order valence-corrected chi connectivity index (χ2v) is 3.45. The van der Waals surface area contributed by atoms with Gasteiger partial charge in [0, 0.05) is 12.7 Å². The average Bonchev–Trinajstić information content (AvgIpc) is 2.67. The van der Waals surface area contributed by atoms with Crippen molar-refractivity contribution in [1.82, 2.24) is 10.3 Å². The van der Waals surface area contributed by atoms with Crippen molar-refractivity contribution in [3.8, 4) is 5.75 Å². The summed E-state index contributed by atoms with van der Waals surface area (Å²) in [4.78, 5) is 4.07. The second-order valence-electron chi connectivity index (χ2n) is 3.45. The number of pyridine rings is 1. The molecule has 1 N–H and O–H groups in total. The minimum atomic E-state index is 0.343. The fourth-order valence-corrected chi connectivity index (χ4v) is 1.43. The van der Waals surface area contributed by atoms with Gasteiger partial charge in [0.1, 0.15) is 12.4 Å². The van der Waals surface area contributed by atoms with Gasteiger partial charge in [0.25, 0.3) is 0 Å². The molecule has 1 aliphatic heterocycles. The van der Waals surface area contributed by atoms with Crippen molar-refractivity contribution in [3.63, 3.8) is 0 Å². The van der Waals surface area contributed by atoms with Crippen molar-refractivity contribution in [2.24, 2.45) is 0 Å². The van der Waals surface area contributed by atoms with Crippen LogP contribution in [-0.4, -0.2) is 24.2 Å². The molecule has 1 aliphatic rings. The minimum absolute atomic E-state index is 0.343. The lowest BCUT2D eigenvalue weighted by Crippen LogP contribution is -2.28. The summed E-state index contributed by atoms with van der Waals surface area (Å²) in [5.41, 5.74) is 1.12. The van der Waals surface area contributed by atoms with E-state index in [0.29, 0.717) is 12.6 Å². The van der Waals surface area contributed by atoms with Crippen molar-refractivity contribution in [2.75, 3.05) is 13.2 Å². The lowest BCUT2D eigenvalue weighted by Gasteiger charge is -2.11. The summed E-state index contributed by atoms with van der Waals surface area (Å²) in [5.74, 6) is 0.840. The van der Waals surface area contributed by atoms with Gasteiger partial charge in [-0.3, -0.25) is 4.98 Å². The summed E-state index contributed by atoms with van der Waals surface area (Å²) in [6.07, 6.45) is 7.80. The zero-order valence-corrected chi connectivity index (χ0v) is 8.23. The Morgan fingerprint density at radius 2 is 2.50 bits per heavy atom. The van der Waals surface area contributed by atoms with Crippen LogP contribution in [-0.2, 0) is 0 Å². The molecule has 0 spiro atoms. The number of aryl methyl sites for hydroxylation is 1. The monoisotopic (exact) mass is 190 g/mol. The number of hydrogen-bond donors (Lipinski definition) is 1. The number of hydrogen-bond acceptors (Lipinski definition) is 3. The van der Waals surface area contributed by atoms with E-state index >= 15 is 0 Å². The number of ether oxygens (including phenoxy) is 1. The van der Waals surface area contributed by atoms with Crippen molar-refractivity contribution < 1.29 is 4.74 Å². The first-order valence-corrected chi connectivity index (χ1v) is 4.79. The van der Waals surface area contributed by atoms with Crippen LogP contribution >= 0.6 is 0 Å². The molecule has 0 saturated heterocycles. The number of nitrogens with zero attached hydrogens (tertiary/aromatic N) is 1. The Kier molecular flexibility index (Phi) is 2.79. The van der Waals surface area contributed by atoms with E-state index in [1.165, 1.54) is 0 Å². The largest absolute Gasteiger partial charge is 0.490 e. The van der Waals surface area contributed by atoms with E-state index in [-0.39, 0.29) is 0 Å². The third kappa shape index (κ3) is 2.33. The van der Waals surface area contributed by atoms with Crippen LogP contribution < -0.4 is 10.1 Å². The van der Waals surface area contributed by atoms with E-state index in [9.17, 15) is 0 Å². The molecule has 2 heterocycles. The van der Waals surface area contributed by atoms with E-state index in [1.54, 1.807) is 6.20 Å². The van der Waals surface area contributed by atoms with Crippen molar-refractivity contribution in [1.29, 1.82) is 0 Å². The lowest BCUT2D eigenvalue weighted by molar-refractivity contribution is 0.292. The standard InChI is InChI=1S/C11H14N2O/c1-9-5-11(7-12-6-9)14-8-10-3-2-4-13-10/h2-3,5-7,10,13H,4,8H2,1H3. The second kappa shape index (κ2) is 4.24. The molecule has 1 aromatic rings. The Balaban J connectivity index is 1.88. The summed E-state index contributed by atoms with van der Waals surface area (Å²) < 4.78 is 5.59. The highest BCUT2D eigenvalue weighted by molar-refractivity contribution is 5.22. The molecule has 0 saturated carbocycles. The molecule has 3 heteroatoms. The summed E-state index contributed by atoms with van der Waals surface area (Å²) >= 11 is 0. The minimum Gasteiger partial charge on any atom is -0.490 e. The third-order valence-electron chi connectivity index (χ3n) is 2.15. The van der Waals surface area contributed by atoms with Gasteiger partial charge < -0.3 is 10.1 Å². The molecule has 0 aliphatic carbocycles. The molecular formula is C11H14N2O.